The third kappa shape index (κ3) is 2.90. The van der Waals surface area contributed by atoms with Crippen molar-refractivity contribution >= 4 is 21.7 Å². The molecule has 0 bridgehead atoms. The van der Waals surface area contributed by atoms with Gasteiger partial charge in [0, 0.05) is 11.1 Å². The second-order valence-corrected chi connectivity index (χ2v) is 6.50. The highest BCUT2D eigenvalue weighted by Crippen LogP contribution is 2.28. The summed E-state index contributed by atoms with van der Waals surface area (Å²) in [6, 6.07) is 27.9. The van der Waals surface area contributed by atoms with Gasteiger partial charge in [0.2, 0.25) is 0 Å². The van der Waals surface area contributed by atoms with Gasteiger partial charge >= 0.3 is 0 Å². The number of para-hydroxylation sites is 1. The van der Waals surface area contributed by atoms with Crippen LogP contribution in [0.3, 0.4) is 0 Å². The Balaban J connectivity index is 1.55. The number of hydrogen-bond donors (Lipinski definition) is 0. The Morgan fingerprint density at radius 1 is 0.750 bits per heavy atom. The van der Waals surface area contributed by atoms with Crippen LogP contribution >= 0.6 is 0 Å². The maximum absolute atomic E-state index is 4.80. The molecule has 0 aliphatic rings. The molecule has 0 aliphatic carbocycles. The average Bonchev–Trinajstić information content (AvgIpc) is 2.65. The van der Waals surface area contributed by atoms with E-state index in [0.717, 1.165) is 18.4 Å². The van der Waals surface area contributed by atoms with Crippen molar-refractivity contribution < 1.29 is 0 Å². The highest BCUT2D eigenvalue weighted by atomic mass is 14.7. The van der Waals surface area contributed by atoms with Gasteiger partial charge in [0.15, 0.2) is 0 Å². The van der Waals surface area contributed by atoms with E-state index in [9.17, 15) is 0 Å². The van der Waals surface area contributed by atoms with Crippen LogP contribution in [0.25, 0.3) is 21.7 Å². The molecule has 4 aromatic rings. The molecule has 1 aromatic heterocycles. The van der Waals surface area contributed by atoms with Crippen LogP contribution in [0.5, 0.6) is 0 Å². The van der Waals surface area contributed by atoms with Crippen molar-refractivity contribution in [2.75, 3.05) is 0 Å². The van der Waals surface area contributed by atoms with Crippen molar-refractivity contribution in [3.05, 3.63) is 90.1 Å². The fourth-order valence-electron chi connectivity index (χ4n) is 3.45. The second-order valence-electron chi connectivity index (χ2n) is 6.50. The lowest BCUT2D eigenvalue weighted by Gasteiger charge is -2.14. The van der Waals surface area contributed by atoms with Gasteiger partial charge in [0.1, 0.15) is 0 Å². The maximum atomic E-state index is 4.80. The summed E-state index contributed by atoms with van der Waals surface area (Å²) >= 11 is 0. The van der Waals surface area contributed by atoms with Crippen LogP contribution in [0.2, 0.25) is 0 Å². The van der Waals surface area contributed by atoms with E-state index in [4.69, 9.17) is 4.98 Å². The van der Waals surface area contributed by atoms with E-state index in [-0.39, 0.29) is 0 Å². The fraction of sp³-hybridized carbons (Fsp3) is 0.174. The number of hydrogen-bond acceptors (Lipinski definition) is 1. The molecule has 1 nitrogen and oxygen atoms in total. The first-order valence-electron chi connectivity index (χ1n) is 8.63. The third-order valence-electron chi connectivity index (χ3n) is 4.84. The molecule has 0 aliphatic heterocycles. The molecule has 0 saturated heterocycles. The molecule has 1 heterocycles. The van der Waals surface area contributed by atoms with Crippen molar-refractivity contribution in [2.45, 2.75) is 25.7 Å². The zero-order valence-corrected chi connectivity index (χ0v) is 13.9. The molecule has 0 spiro atoms. The SMILES string of the molecule is C[C@@H](CCc1ccc2ccccc2n1)c1cccc2ccccc12. The Labute approximate surface area is 143 Å². The average molecular weight is 311 g/mol. The van der Waals surface area contributed by atoms with E-state index in [1.807, 2.05) is 0 Å². The molecular weight excluding hydrogens is 290 g/mol. The molecule has 4 rings (SSSR count). The summed E-state index contributed by atoms with van der Waals surface area (Å²) in [7, 11) is 0. The number of rotatable bonds is 4. The Kier molecular flexibility index (Phi) is 4.00. The van der Waals surface area contributed by atoms with Crippen molar-refractivity contribution in [1.82, 2.24) is 4.98 Å². The second kappa shape index (κ2) is 6.45. The van der Waals surface area contributed by atoms with Crippen LogP contribution in [0, 0.1) is 0 Å². The molecule has 0 fully saturated rings. The van der Waals surface area contributed by atoms with Crippen LogP contribution in [-0.4, -0.2) is 4.98 Å². The molecule has 0 unspecified atom stereocenters. The molecule has 3 aromatic carbocycles. The Hall–Kier alpha value is -2.67. The number of pyridine rings is 1. The molecule has 1 atom stereocenters. The molecule has 0 amide bonds. The zero-order valence-electron chi connectivity index (χ0n) is 13.9. The Bertz CT molecular complexity index is 982. The van der Waals surface area contributed by atoms with Gasteiger partial charge in [-0.3, -0.25) is 4.98 Å². The van der Waals surface area contributed by atoms with E-state index >= 15 is 0 Å². The highest BCUT2D eigenvalue weighted by Gasteiger charge is 2.10. The lowest BCUT2D eigenvalue weighted by molar-refractivity contribution is 0.676. The van der Waals surface area contributed by atoms with Crippen LogP contribution in [-0.2, 0) is 6.42 Å². The van der Waals surface area contributed by atoms with Gasteiger partial charge in [-0.05, 0) is 47.2 Å². The fourth-order valence-corrected chi connectivity index (χ4v) is 3.45. The molecule has 1 heteroatoms. The van der Waals surface area contributed by atoms with Gasteiger partial charge in [0.25, 0.3) is 0 Å². The quantitative estimate of drug-likeness (QED) is 0.442. The number of aryl methyl sites for hydroxylation is 1. The van der Waals surface area contributed by atoms with Gasteiger partial charge in [0.05, 0.1) is 5.52 Å². The van der Waals surface area contributed by atoms with Crippen LogP contribution in [0.1, 0.15) is 30.5 Å². The number of benzene rings is 3. The number of nitrogens with zero attached hydrogens (tertiary/aromatic N) is 1. The summed E-state index contributed by atoms with van der Waals surface area (Å²) in [5, 5.41) is 3.91. The Morgan fingerprint density at radius 2 is 1.50 bits per heavy atom. The maximum Gasteiger partial charge on any atom is 0.0705 e. The van der Waals surface area contributed by atoms with E-state index in [2.05, 4.69) is 85.8 Å². The lowest BCUT2D eigenvalue weighted by Crippen LogP contribution is -1.99. The predicted octanol–water partition coefficient (Wildman–Crippen LogP) is 6.12. The van der Waals surface area contributed by atoms with E-state index in [1.165, 1.54) is 27.4 Å². The predicted molar refractivity (Wildman–Crippen MR) is 102 cm³/mol. The van der Waals surface area contributed by atoms with Crippen molar-refractivity contribution in [3.63, 3.8) is 0 Å². The molecule has 0 N–H and O–H groups in total. The van der Waals surface area contributed by atoms with E-state index in [0.29, 0.717) is 5.92 Å². The minimum absolute atomic E-state index is 0.518. The minimum atomic E-state index is 0.518. The minimum Gasteiger partial charge on any atom is -0.253 e. The molecule has 24 heavy (non-hydrogen) atoms. The molecule has 118 valence electrons. The summed E-state index contributed by atoms with van der Waals surface area (Å²) in [6.45, 7) is 2.32. The van der Waals surface area contributed by atoms with Crippen molar-refractivity contribution in [1.29, 1.82) is 0 Å². The number of fused-ring (bicyclic) bond motifs is 2. The summed E-state index contributed by atoms with van der Waals surface area (Å²) in [5.41, 5.74) is 3.71. The molecule has 0 saturated carbocycles. The first kappa shape index (κ1) is 14.9. The van der Waals surface area contributed by atoms with Crippen LogP contribution in [0.15, 0.2) is 78.9 Å². The van der Waals surface area contributed by atoms with Crippen molar-refractivity contribution in [2.24, 2.45) is 0 Å². The summed E-state index contributed by atoms with van der Waals surface area (Å²) in [5.74, 6) is 0.518. The van der Waals surface area contributed by atoms with Gasteiger partial charge < -0.3 is 0 Å². The largest absolute Gasteiger partial charge is 0.253 e. The zero-order chi connectivity index (χ0) is 16.4. The molecule has 0 radical (unpaired) electrons. The van der Waals surface area contributed by atoms with Crippen molar-refractivity contribution in [3.8, 4) is 0 Å². The first-order chi connectivity index (χ1) is 11.8. The molecular formula is C23H21N. The summed E-state index contributed by atoms with van der Waals surface area (Å²) in [6.07, 6.45) is 2.12. The first-order valence-corrected chi connectivity index (χ1v) is 8.63. The smallest absolute Gasteiger partial charge is 0.0705 e. The van der Waals surface area contributed by atoms with Crippen LogP contribution < -0.4 is 0 Å². The topological polar surface area (TPSA) is 12.9 Å². The summed E-state index contributed by atoms with van der Waals surface area (Å²) < 4.78 is 0. The Morgan fingerprint density at radius 3 is 2.42 bits per heavy atom. The monoisotopic (exact) mass is 311 g/mol. The highest BCUT2D eigenvalue weighted by molar-refractivity contribution is 5.86. The van der Waals surface area contributed by atoms with Gasteiger partial charge in [-0.1, -0.05) is 73.7 Å². The summed E-state index contributed by atoms with van der Waals surface area (Å²) in [4.78, 5) is 4.80. The third-order valence-corrected chi connectivity index (χ3v) is 4.84. The van der Waals surface area contributed by atoms with Gasteiger partial charge in [-0.2, -0.15) is 0 Å². The van der Waals surface area contributed by atoms with Crippen LogP contribution in [0.4, 0.5) is 0 Å². The standard InChI is InChI=1S/C23H21N/c1-17(21-11-6-9-18-7-2-4-10-22(18)21)13-15-20-16-14-19-8-3-5-12-23(19)24-20/h2-12,14,16-17H,13,15H2,1H3/t17-/m0/s1. The van der Waals surface area contributed by atoms with E-state index < -0.39 is 0 Å². The lowest BCUT2D eigenvalue weighted by atomic mass is 9.91. The van der Waals surface area contributed by atoms with Gasteiger partial charge in [-0.25, -0.2) is 0 Å². The van der Waals surface area contributed by atoms with E-state index in [1.54, 1.807) is 0 Å². The normalized spacial score (nSPS) is 12.5. The van der Waals surface area contributed by atoms with Gasteiger partial charge in [-0.15, -0.1) is 0 Å². The number of aromatic nitrogens is 1.